The van der Waals surface area contributed by atoms with Gasteiger partial charge >= 0.3 is 0 Å². The largest absolute Gasteiger partial charge is 0.508 e. The summed E-state index contributed by atoms with van der Waals surface area (Å²) < 4.78 is 2.06. The van der Waals surface area contributed by atoms with Crippen LogP contribution in [0.3, 0.4) is 0 Å². The highest BCUT2D eigenvalue weighted by atomic mass is 35.5. The lowest BCUT2D eigenvalue weighted by Gasteiger charge is -2.42. The zero-order valence-corrected chi connectivity index (χ0v) is 11.1. The maximum Gasteiger partial charge on any atom is 0.119 e. The number of imidazole rings is 1. The van der Waals surface area contributed by atoms with Gasteiger partial charge in [0.15, 0.2) is 0 Å². The number of hydrogen-bond donors (Lipinski definition) is 2. The van der Waals surface area contributed by atoms with Gasteiger partial charge in [-0.1, -0.05) is 11.6 Å². The van der Waals surface area contributed by atoms with Crippen LogP contribution in [0.15, 0.2) is 12.1 Å². The van der Waals surface area contributed by atoms with E-state index in [1.807, 2.05) is 13.8 Å². The first-order valence-electron chi connectivity index (χ1n) is 5.97. The van der Waals surface area contributed by atoms with Gasteiger partial charge in [0.1, 0.15) is 11.6 Å². The van der Waals surface area contributed by atoms with Gasteiger partial charge in [0, 0.05) is 18.2 Å². The summed E-state index contributed by atoms with van der Waals surface area (Å²) in [7, 11) is 0. The summed E-state index contributed by atoms with van der Waals surface area (Å²) in [5.41, 5.74) is 0.952. The Morgan fingerprint density at radius 2 is 2.11 bits per heavy atom. The molecule has 1 fully saturated rings. The molecule has 1 aromatic carbocycles. The van der Waals surface area contributed by atoms with Crippen molar-refractivity contribution < 1.29 is 10.2 Å². The average Bonchev–Trinajstić information content (AvgIpc) is 2.50. The van der Waals surface area contributed by atoms with Gasteiger partial charge in [-0.15, -0.1) is 0 Å². The molecule has 4 nitrogen and oxygen atoms in total. The molecule has 0 unspecified atom stereocenters. The summed E-state index contributed by atoms with van der Waals surface area (Å²) in [5, 5.41) is 19.9. The van der Waals surface area contributed by atoms with Crippen LogP contribution in [-0.4, -0.2) is 25.4 Å². The number of aryl methyl sites for hydroxylation is 1. The van der Waals surface area contributed by atoms with Crippen molar-refractivity contribution in [1.82, 2.24) is 9.55 Å². The van der Waals surface area contributed by atoms with Crippen molar-refractivity contribution in [2.75, 3.05) is 0 Å². The number of aliphatic hydroxyl groups is 1. The standard InChI is InChI=1S/C13H15ClN2O2/c1-7-15-11-4-9(17)3-10(14)12(11)16(7)8-5-13(2,18)6-8/h3-4,8,17-18H,5-6H2,1-2H3. The number of fused-ring (bicyclic) bond motifs is 1. The summed E-state index contributed by atoms with van der Waals surface area (Å²) in [6, 6.07) is 3.37. The molecule has 3 rings (SSSR count). The van der Waals surface area contributed by atoms with E-state index in [0.29, 0.717) is 23.4 Å². The van der Waals surface area contributed by atoms with Gasteiger partial charge in [0.2, 0.25) is 0 Å². The third-order valence-electron chi connectivity index (χ3n) is 3.62. The van der Waals surface area contributed by atoms with E-state index in [9.17, 15) is 10.2 Å². The third-order valence-corrected chi connectivity index (χ3v) is 3.90. The van der Waals surface area contributed by atoms with Gasteiger partial charge in [-0.3, -0.25) is 0 Å². The molecular weight excluding hydrogens is 252 g/mol. The Labute approximate surface area is 110 Å². The molecule has 5 heteroatoms. The maximum atomic E-state index is 9.85. The summed E-state index contributed by atoms with van der Waals surface area (Å²) >= 11 is 6.19. The van der Waals surface area contributed by atoms with E-state index in [1.54, 1.807) is 6.07 Å². The van der Waals surface area contributed by atoms with Crippen LogP contribution in [0, 0.1) is 6.92 Å². The third kappa shape index (κ3) is 1.68. The van der Waals surface area contributed by atoms with Gasteiger partial charge in [-0.25, -0.2) is 4.98 Å². The highest BCUT2D eigenvalue weighted by Gasteiger charge is 2.40. The van der Waals surface area contributed by atoms with Crippen molar-refractivity contribution in [1.29, 1.82) is 0 Å². The molecule has 0 bridgehead atoms. The lowest BCUT2D eigenvalue weighted by atomic mass is 9.77. The predicted octanol–water partition coefficient (Wildman–Crippen LogP) is 2.79. The first-order chi connectivity index (χ1) is 8.37. The first-order valence-corrected chi connectivity index (χ1v) is 6.35. The van der Waals surface area contributed by atoms with Crippen molar-refractivity contribution >= 4 is 22.6 Å². The van der Waals surface area contributed by atoms with Gasteiger partial charge in [-0.2, -0.15) is 0 Å². The molecule has 1 aromatic heterocycles. The Bertz CT molecular complexity index is 625. The molecule has 0 spiro atoms. The van der Waals surface area contributed by atoms with Crippen LogP contribution < -0.4 is 0 Å². The summed E-state index contributed by atoms with van der Waals surface area (Å²) in [5.74, 6) is 0.982. The Balaban J connectivity index is 2.15. The maximum absolute atomic E-state index is 9.85. The number of nitrogens with zero attached hydrogens (tertiary/aromatic N) is 2. The smallest absolute Gasteiger partial charge is 0.119 e. The lowest BCUT2D eigenvalue weighted by molar-refractivity contribution is -0.0502. The molecule has 0 aliphatic heterocycles. The van der Waals surface area contributed by atoms with E-state index in [1.165, 1.54) is 6.07 Å². The van der Waals surface area contributed by atoms with Gasteiger partial charge in [0.05, 0.1) is 21.7 Å². The van der Waals surface area contributed by atoms with Crippen LogP contribution in [-0.2, 0) is 0 Å². The highest BCUT2D eigenvalue weighted by molar-refractivity contribution is 6.35. The minimum atomic E-state index is -0.586. The second-order valence-electron chi connectivity index (χ2n) is 5.38. The summed E-state index contributed by atoms with van der Waals surface area (Å²) in [6.45, 7) is 3.76. The van der Waals surface area contributed by atoms with E-state index in [0.717, 1.165) is 11.3 Å². The van der Waals surface area contributed by atoms with Crippen molar-refractivity contribution in [2.45, 2.75) is 38.3 Å². The van der Waals surface area contributed by atoms with Gasteiger partial charge < -0.3 is 14.8 Å². The van der Waals surface area contributed by atoms with Crippen LogP contribution in [0.2, 0.25) is 5.02 Å². The Kier molecular flexibility index (Phi) is 2.37. The molecule has 0 amide bonds. The number of aromatic nitrogens is 2. The normalized spacial score (nSPS) is 27.4. The second-order valence-corrected chi connectivity index (χ2v) is 5.79. The minimum absolute atomic E-state index is 0.123. The van der Waals surface area contributed by atoms with Crippen LogP contribution >= 0.6 is 11.6 Å². The zero-order valence-electron chi connectivity index (χ0n) is 10.3. The average molecular weight is 267 g/mol. The fourth-order valence-corrected chi connectivity index (χ4v) is 3.17. The molecule has 1 heterocycles. The number of hydrogen-bond acceptors (Lipinski definition) is 3. The van der Waals surface area contributed by atoms with E-state index in [-0.39, 0.29) is 11.8 Å². The lowest BCUT2D eigenvalue weighted by Crippen LogP contribution is -2.42. The topological polar surface area (TPSA) is 58.3 Å². The van der Waals surface area contributed by atoms with Crippen molar-refractivity contribution in [3.05, 3.63) is 23.0 Å². The highest BCUT2D eigenvalue weighted by Crippen LogP contribution is 2.44. The fraction of sp³-hybridized carbons (Fsp3) is 0.462. The number of aromatic hydroxyl groups is 1. The molecular formula is C13H15ClN2O2. The van der Waals surface area contributed by atoms with E-state index in [2.05, 4.69) is 9.55 Å². The molecule has 2 N–H and O–H groups in total. The van der Waals surface area contributed by atoms with Crippen molar-refractivity contribution in [3.63, 3.8) is 0 Å². The fourth-order valence-electron chi connectivity index (χ4n) is 2.87. The van der Waals surface area contributed by atoms with E-state index < -0.39 is 5.60 Å². The SMILES string of the molecule is Cc1nc2cc(O)cc(Cl)c2n1C1CC(C)(O)C1. The Morgan fingerprint density at radius 1 is 1.44 bits per heavy atom. The number of halogens is 1. The van der Waals surface area contributed by atoms with Crippen molar-refractivity contribution in [3.8, 4) is 5.75 Å². The summed E-state index contributed by atoms with van der Waals surface area (Å²) in [4.78, 5) is 4.42. The number of rotatable bonds is 1. The number of benzene rings is 1. The van der Waals surface area contributed by atoms with Crippen LogP contribution in [0.25, 0.3) is 11.0 Å². The molecule has 96 valence electrons. The van der Waals surface area contributed by atoms with Crippen LogP contribution in [0.5, 0.6) is 5.75 Å². The van der Waals surface area contributed by atoms with Crippen LogP contribution in [0.1, 0.15) is 31.6 Å². The van der Waals surface area contributed by atoms with Crippen LogP contribution in [0.4, 0.5) is 0 Å². The molecule has 18 heavy (non-hydrogen) atoms. The molecule has 1 aliphatic rings. The number of phenols is 1. The molecule has 0 atom stereocenters. The van der Waals surface area contributed by atoms with E-state index in [4.69, 9.17) is 11.6 Å². The van der Waals surface area contributed by atoms with Crippen molar-refractivity contribution in [2.24, 2.45) is 0 Å². The second kappa shape index (κ2) is 3.62. The van der Waals surface area contributed by atoms with Gasteiger partial charge in [-0.05, 0) is 26.7 Å². The Hall–Kier alpha value is -1.26. The predicted molar refractivity (Wildman–Crippen MR) is 70.0 cm³/mol. The molecule has 1 saturated carbocycles. The first kappa shape index (κ1) is 11.8. The number of phenolic OH excluding ortho intramolecular Hbond substituents is 1. The zero-order chi connectivity index (χ0) is 13.1. The molecule has 0 radical (unpaired) electrons. The monoisotopic (exact) mass is 266 g/mol. The Morgan fingerprint density at radius 3 is 2.72 bits per heavy atom. The summed E-state index contributed by atoms with van der Waals surface area (Å²) in [6.07, 6.45) is 1.41. The molecule has 2 aromatic rings. The van der Waals surface area contributed by atoms with E-state index >= 15 is 0 Å². The quantitative estimate of drug-likeness (QED) is 0.834. The molecule has 1 aliphatic carbocycles. The minimum Gasteiger partial charge on any atom is -0.508 e. The molecule has 0 saturated heterocycles. The van der Waals surface area contributed by atoms with Gasteiger partial charge in [0.25, 0.3) is 0 Å².